The van der Waals surface area contributed by atoms with Crippen LogP contribution in [0, 0.1) is 6.92 Å². The van der Waals surface area contributed by atoms with Gasteiger partial charge in [-0.1, -0.05) is 18.2 Å². The molecule has 0 atom stereocenters. The van der Waals surface area contributed by atoms with E-state index >= 15 is 0 Å². The summed E-state index contributed by atoms with van der Waals surface area (Å²) < 4.78 is 11.6. The van der Waals surface area contributed by atoms with Gasteiger partial charge in [0.05, 0.1) is 23.0 Å². The van der Waals surface area contributed by atoms with Crippen LogP contribution in [0.4, 0.5) is 10.7 Å². The summed E-state index contributed by atoms with van der Waals surface area (Å²) in [7, 11) is 0. The monoisotopic (exact) mass is 417 g/mol. The Morgan fingerprint density at radius 3 is 2.90 bits per heavy atom. The molecule has 0 unspecified atom stereocenters. The highest BCUT2D eigenvalue weighted by atomic mass is 32.1. The zero-order valence-electron chi connectivity index (χ0n) is 16.3. The maximum atomic E-state index is 12.6. The molecule has 0 radical (unpaired) electrons. The molecule has 1 amide bonds. The van der Waals surface area contributed by atoms with Crippen LogP contribution in [0.3, 0.4) is 0 Å². The molecule has 6 nitrogen and oxygen atoms in total. The number of anilines is 2. The molecule has 5 rings (SSSR count). The van der Waals surface area contributed by atoms with E-state index in [9.17, 15) is 4.79 Å². The normalized spacial score (nSPS) is 12.5. The maximum absolute atomic E-state index is 12.6. The number of hydrogen-bond acceptors (Lipinski definition) is 6. The highest BCUT2D eigenvalue weighted by molar-refractivity contribution is 7.18. The summed E-state index contributed by atoms with van der Waals surface area (Å²) in [6.45, 7) is 2.87. The van der Waals surface area contributed by atoms with E-state index in [-0.39, 0.29) is 5.91 Å². The van der Waals surface area contributed by atoms with E-state index in [1.54, 1.807) is 6.20 Å². The molecule has 4 heterocycles. The molecule has 0 spiro atoms. The number of aromatic nitrogens is 1. The van der Waals surface area contributed by atoms with Crippen LogP contribution in [0.1, 0.15) is 26.8 Å². The number of furan rings is 1. The van der Waals surface area contributed by atoms with Crippen molar-refractivity contribution in [3.05, 3.63) is 88.8 Å². The third-order valence-corrected chi connectivity index (χ3v) is 5.96. The van der Waals surface area contributed by atoms with Gasteiger partial charge in [0.1, 0.15) is 23.0 Å². The molecule has 150 valence electrons. The Bertz CT molecular complexity index is 1210. The molecular formula is C23H19N3O3S. The van der Waals surface area contributed by atoms with Gasteiger partial charge in [-0.25, -0.2) is 4.98 Å². The number of thiophene rings is 1. The first-order valence-corrected chi connectivity index (χ1v) is 10.4. The third kappa shape index (κ3) is 3.55. The Hall–Kier alpha value is -3.58. The van der Waals surface area contributed by atoms with Gasteiger partial charge >= 0.3 is 0 Å². The number of pyridine rings is 1. The van der Waals surface area contributed by atoms with Crippen molar-refractivity contribution in [3.8, 4) is 11.6 Å². The van der Waals surface area contributed by atoms with E-state index in [1.165, 1.54) is 11.3 Å². The van der Waals surface area contributed by atoms with Gasteiger partial charge in [0.2, 0.25) is 5.88 Å². The Kier molecular flexibility index (Phi) is 4.72. The smallest absolute Gasteiger partial charge is 0.261 e. The minimum atomic E-state index is -0.127. The SMILES string of the molecule is Cc1ccc(CNC(=O)c2ccc(N3Cc4ccccc4Oc4ncccc43)s2)o1. The summed E-state index contributed by atoms with van der Waals surface area (Å²) in [4.78, 5) is 19.8. The fraction of sp³-hybridized carbons (Fsp3) is 0.130. The van der Waals surface area contributed by atoms with Crippen molar-refractivity contribution in [2.75, 3.05) is 4.90 Å². The minimum absolute atomic E-state index is 0.127. The van der Waals surface area contributed by atoms with E-state index < -0.39 is 0 Å². The average molecular weight is 417 g/mol. The molecule has 0 bridgehead atoms. The highest BCUT2D eigenvalue weighted by Crippen LogP contribution is 2.42. The number of benzene rings is 1. The molecule has 30 heavy (non-hydrogen) atoms. The zero-order valence-corrected chi connectivity index (χ0v) is 17.1. The standard InChI is InChI=1S/C23H19N3O3S/c1-15-8-9-17(28-15)13-25-22(27)20-10-11-21(30-20)26-14-16-5-2-3-7-19(16)29-23-18(26)6-4-12-24-23/h2-12H,13-14H2,1H3,(H,25,27). The van der Waals surface area contributed by atoms with Crippen LogP contribution in [-0.2, 0) is 13.1 Å². The van der Waals surface area contributed by atoms with Crippen molar-refractivity contribution in [1.29, 1.82) is 0 Å². The molecule has 0 saturated carbocycles. The van der Waals surface area contributed by atoms with Gasteiger partial charge in [0, 0.05) is 11.8 Å². The quantitative estimate of drug-likeness (QED) is 0.480. The Morgan fingerprint density at radius 2 is 2.03 bits per heavy atom. The minimum Gasteiger partial charge on any atom is -0.465 e. The Labute approximate surface area is 177 Å². The number of nitrogens with zero attached hydrogens (tertiary/aromatic N) is 2. The lowest BCUT2D eigenvalue weighted by Crippen LogP contribution is -2.21. The van der Waals surface area contributed by atoms with Crippen molar-refractivity contribution in [2.24, 2.45) is 0 Å². The van der Waals surface area contributed by atoms with Gasteiger partial charge < -0.3 is 19.4 Å². The summed E-state index contributed by atoms with van der Waals surface area (Å²) in [5.41, 5.74) is 1.93. The van der Waals surface area contributed by atoms with Crippen molar-refractivity contribution in [3.63, 3.8) is 0 Å². The fourth-order valence-electron chi connectivity index (χ4n) is 3.39. The number of aryl methyl sites for hydroxylation is 1. The third-order valence-electron chi connectivity index (χ3n) is 4.85. The number of rotatable bonds is 4. The summed E-state index contributed by atoms with van der Waals surface area (Å²) in [5, 5.41) is 3.86. The number of carbonyl (C=O) groups is 1. The molecular weight excluding hydrogens is 398 g/mol. The predicted octanol–water partition coefficient (Wildman–Crippen LogP) is 5.42. The van der Waals surface area contributed by atoms with Crippen LogP contribution >= 0.6 is 11.3 Å². The zero-order chi connectivity index (χ0) is 20.5. The number of hydrogen-bond donors (Lipinski definition) is 1. The van der Waals surface area contributed by atoms with Gasteiger partial charge in [-0.15, -0.1) is 11.3 Å². The van der Waals surface area contributed by atoms with E-state index in [0.717, 1.165) is 33.5 Å². The van der Waals surface area contributed by atoms with Crippen molar-refractivity contribution in [1.82, 2.24) is 10.3 Å². The second-order valence-corrected chi connectivity index (χ2v) is 8.02. The van der Waals surface area contributed by atoms with Crippen LogP contribution in [0.25, 0.3) is 0 Å². The van der Waals surface area contributed by atoms with Gasteiger partial charge in [-0.2, -0.15) is 0 Å². The molecule has 1 N–H and O–H groups in total. The largest absolute Gasteiger partial charge is 0.465 e. The average Bonchev–Trinajstić information content (AvgIpc) is 3.37. The van der Waals surface area contributed by atoms with E-state index in [2.05, 4.69) is 15.2 Å². The van der Waals surface area contributed by atoms with Crippen LogP contribution < -0.4 is 15.0 Å². The van der Waals surface area contributed by atoms with E-state index in [4.69, 9.17) is 9.15 Å². The molecule has 0 fully saturated rings. The van der Waals surface area contributed by atoms with Crippen molar-refractivity contribution >= 4 is 27.9 Å². The number of para-hydroxylation sites is 1. The molecule has 4 aromatic rings. The van der Waals surface area contributed by atoms with Gasteiger partial charge in [0.15, 0.2) is 0 Å². The predicted molar refractivity (Wildman–Crippen MR) is 116 cm³/mol. The molecule has 1 aliphatic heterocycles. The molecule has 0 saturated heterocycles. The second kappa shape index (κ2) is 7.68. The van der Waals surface area contributed by atoms with Gasteiger partial charge in [0.25, 0.3) is 5.91 Å². The van der Waals surface area contributed by atoms with Crippen LogP contribution in [0.5, 0.6) is 11.6 Å². The number of carbonyl (C=O) groups excluding carboxylic acids is 1. The second-order valence-electron chi connectivity index (χ2n) is 6.96. The van der Waals surface area contributed by atoms with Crippen LogP contribution in [-0.4, -0.2) is 10.9 Å². The first kappa shape index (κ1) is 18.4. The van der Waals surface area contributed by atoms with Crippen molar-refractivity contribution < 1.29 is 13.9 Å². The van der Waals surface area contributed by atoms with Crippen molar-refractivity contribution in [2.45, 2.75) is 20.0 Å². The van der Waals surface area contributed by atoms with Gasteiger partial charge in [-0.05, 0) is 49.4 Å². The summed E-state index contributed by atoms with van der Waals surface area (Å²) in [6, 6.07) is 19.4. The lowest BCUT2D eigenvalue weighted by molar-refractivity contribution is 0.0952. The molecule has 1 aromatic carbocycles. The summed E-state index contributed by atoms with van der Waals surface area (Å²) in [6.07, 6.45) is 1.72. The summed E-state index contributed by atoms with van der Waals surface area (Å²) in [5.74, 6) is 2.78. The topological polar surface area (TPSA) is 67.6 Å². The Morgan fingerprint density at radius 1 is 1.13 bits per heavy atom. The molecule has 7 heteroatoms. The number of fused-ring (bicyclic) bond motifs is 2. The fourth-order valence-corrected chi connectivity index (χ4v) is 4.32. The Balaban J connectivity index is 1.41. The van der Waals surface area contributed by atoms with Gasteiger partial charge in [-0.3, -0.25) is 4.79 Å². The maximum Gasteiger partial charge on any atom is 0.261 e. The van der Waals surface area contributed by atoms with Crippen LogP contribution in [0.15, 0.2) is 71.3 Å². The number of amides is 1. The highest BCUT2D eigenvalue weighted by Gasteiger charge is 2.24. The van der Waals surface area contributed by atoms with E-state index in [0.29, 0.717) is 23.8 Å². The van der Waals surface area contributed by atoms with E-state index in [1.807, 2.05) is 67.6 Å². The van der Waals surface area contributed by atoms with Crippen LogP contribution in [0.2, 0.25) is 0 Å². The summed E-state index contributed by atoms with van der Waals surface area (Å²) >= 11 is 1.44. The number of ether oxygens (including phenoxy) is 1. The first-order chi connectivity index (χ1) is 14.7. The molecule has 0 aliphatic carbocycles. The lowest BCUT2D eigenvalue weighted by atomic mass is 10.2. The number of nitrogens with one attached hydrogen (secondary N) is 1. The first-order valence-electron chi connectivity index (χ1n) is 9.59. The molecule has 1 aliphatic rings. The lowest BCUT2D eigenvalue weighted by Gasteiger charge is -2.21. The molecule has 3 aromatic heterocycles.